The fourth-order valence-electron chi connectivity index (χ4n) is 4.92. The quantitative estimate of drug-likeness (QED) is 0.226. The highest BCUT2D eigenvalue weighted by Crippen LogP contribution is 2.30. The fraction of sp³-hybridized carbons (Fsp3) is 0.250. The van der Waals surface area contributed by atoms with Crippen molar-refractivity contribution in [3.05, 3.63) is 77.7 Å². The van der Waals surface area contributed by atoms with Crippen molar-refractivity contribution in [1.82, 2.24) is 30.0 Å². The molecule has 2 amide bonds. The summed E-state index contributed by atoms with van der Waals surface area (Å²) in [6.07, 6.45) is 5.72. The van der Waals surface area contributed by atoms with E-state index in [1.165, 1.54) is 4.90 Å². The van der Waals surface area contributed by atoms with Gasteiger partial charge in [-0.2, -0.15) is 10.1 Å². The van der Waals surface area contributed by atoms with Crippen LogP contribution in [0.1, 0.15) is 27.5 Å². The summed E-state index contributed by atoms with van der Waals surface area (Å²) in [5.74, 6) is 1.15. The Morgan fingerprint density at radius 3 is 2.80 bits per heavy atom. The van der Waals surface area contributed by atoms with Crippen molar-refractivity contribution in [3.8, 4) is 16.9 Å². The van der Waals surface area contributed by atoms with Gasteiger partial charge in [-0.25, -0.2) is 9.78 Å². The van der Waals surface area contributed by atoms with Gasteiger partial charge in [0.05, 0.1) is 12.2 Å². The number of carboxylic acid groups (broad SMARTS) is 1. The van der Waals surface area contributed by atoms with Gasteiger partial charge in [-0.3, -0.25) is 9.48 Å². The maximum Gasteiger partial charge on any atom is 0.407 e. The molecule has 0 aliphatic carbocycles. The summed E-state index contributed by atoms with van der Waals surface area (Å²) in [7, 11) is 0. The van der Waals surface area contributed by atoms with Crippen molar-refractivity contribution in [2.45, 2.75) is 18.9 Å². The van der Waals surface area contributed by atoms with E-state index in [-0.39, 0.29) is 17.7 Å². The number of phenolic OH excluding ortho intramolecular Hbond substituents is 1. The SMILES string of the molecule is O=C1NCCc2cc(Nc3ncc(-c4cnn(C5CN(C(=O)O)C5)c4)c(NCCc4ccccc4O)n3)ccc21. The average molecular weight is 541 g/mol. The second-order valence-electron chi connectivity index (χ2n) is 9.81. The van der Waals surface area contributed by atoms with E-state index in [4.69, 9.17) is 10.1 Å². The lowest BCUT2D eigenvalue weighted by molar-refractivity contribution is 0.0812. The number of anilines is 3. The number of aromatic nitrogens is 4. The molecule has 2 aliphatic rings. The highest BCUT2D eigenvalue weighted by molar-refractivity contribution is 5.97. The highest BCUT2D eigenvalue weighted by atomic mass is 16.4. The zero-order chi connectivity index (χ0) is 27.6. The minimum atomic E-state index is -0.932. The van der Waals surface area contributed by atoms with Crippen LogP contribution >= 0.6 is 0 Å². The zero-order valence-corrected chi connectivity index (χ0v) is 21.5. The van der Waals surface area contributed by atoms with Crippen LogP contribution in [-0.2, 0) is 12.8 Å². The molecule has 0 saturated carbocycles. The van der Waals surface area contributed by atoms with Crippen molar-refractivity contribution in [2.24, 2.45) is 0 Å². The molecule has 0 bridgehead atoms. The molecule has 1 saturated heterocycles. The molecule has 1 fully saturated rings. The van der Waals surface area contributed by atoms with Gasteiger partial charge >= 0.3 is 6.09 Å². The van der Waals surface area contributed by atoms with E-state index in [0.29, 0.717) is 49.9 Å². The lowest BCUT2D eigenvalue weighted by Crippen LogP contribution is -2.50. The number of aromatic hydroxyl groups is 1. The van der Waals surface area contributed by atoms with Crippen LogP contribution in [0.25, 0.3) is 11.1 Å². The molecule has 4 aromatic rings. The summed E-state index contributed by atoms with van der Waals surface area (Å²) >= 11 is 0. The van der Waals surface area contributed by atoms with E-state index in [2.05, 4.69) is 26.0 Å². The van der Waals surface area contributed by atoms with Gasteiger partial charge in [0.15, 0.2) is 0 Å². The van der Waals surface area contributed by atoms with Gasteiger partial charge in [0.1, 0.15) is 11.6 Å². The first-order chi connectivity index (χ1) is 19.4. The molecule has 204 valence electrons. The second kappa shape index (κ2) is 10.6. The van der Waals surface area contributed by atoms with E-state index in [1.54, 1.807) is 35.3 Å². The standard InChI is InChI=1S/C28H28N8O4/c37-24-4-2-1-3-17(24)7-9-29-25-23(19-12-32-36(14-19)21-15-35(16-21)28(39)40)13-31-27(34-25)33-20-5-6-22-18(11-20)8-10-30-26(22)38/h1-6,11-14,21,37H,7-10,15-16H2,(H,30,38)(H,39,40)(H2,29,31,33,34). The molecule has 6 rings (SSSR count). The molecule has 2 aromatic heterocycles. The van der Waals surface area contributed by atoms with Crippen LogP contribution in [0.3, 0.4) is 0 Å². The molecule has 40 heavy (non-hydrogen) atoms. The lowest BCUT2D eigenvalue weighted by atomic mass is 10.00. The summed E-state index contributed by atoms with van der Waals surface area (Å²) in [5, 5.41) is 33.2. The minimum Gasteiger partial charge on any atom is -0.508 e. The van der Waals surface area contributed by atoms with E-state index in [0.717, 1.165) is 34.4 Å². The molecule has 0 atom stereocenters. The summed E-state index contributed by atoms with van der Waals surface area (Å²) in [6.45, 7) is 1.90. The third-order valence-electron chi connectivity index (χ3n) is 7.17. The van der Waals surface area contributed by atoms with Gasteiger partial charge in [-0.1, -0.05) is 18.2 Å². The van der Waals surface area contributed by atoms with Crippen LogP contribution < -0.4 is 16.0 Å². The molecule has 12 nitrogen and oxygen atoms in total. The maximum atomic E-state index is 12.1. The minimum absolute atomic E-state index is 0.0183. The van der Waals surface area contributed by atoms with Crippen molar-refractivity contribution < 1.29 is 19.8 Å². The van der Waals surface area contributed by atoms with Crippen molar-refractivity contribution in [3.63, 3.8) is 0 Å². The van der Waals surface area contributed by atoms with Gasteiger partial charge in [-0.05, 0) is 48.2 Å². The number of hydrogen-bond acceptors (Lipinski definition) is 8. The topological polar surface area (TPSA) is 158 Å². The Morgan fingerprint density at radius 1 is 1.12 bits per heavy atom. The zero-order valence-electron chi connectivity index (χ0n) is 21.5. The second-order valence-corrected chi connectivity index (χ2v) is 9.81. The van der Waals surface area contributed by atoms with E-state index < -0.39 is 6.09 Å². The number of amides is 2. The van der Waals surface area contributed by atoms with Gasteiger partial charge in [-0.15, -0.1) is 0 Å². The first kappa shape index (κ1) is 25.2. The van der Waals surface area contributed by atoms with Gasteiger partial charge < -0.3 is 31.1 Å². The molecule has 0 spiro atoms. The predicted octanol–water partition coefficient (Wildman–Crippen LogP) is 3.26. The Kier molecular flexibility index (Phi) is 6.64. The molecule has 2 aromatic carbocycles. The van der Waals surface area contributed by atoms with E-state index in [9.17, 15) is 14.7 Å². The van der Waals surface area contributed by atoms with Crippen LogP contribution in [0.15, 0.2) is 61.1 Å². The predicted molar refractivity (Wildman–Crippen MR) is 148 cm³/mol. The Bertz CT molecular complexity index is 1580. The number of fused-ring (bicyclic) bond motifs is 1. The maximum absolute atomic E-state index is 12.1. The molecule has 0 unspecified atom stereocenters. The number of carbonyl (C=O) groups excluding carboxylic acids is 1. The number of nitrogens with zero attached hydrogens (tertiary/aromatic N) is 5. The number of phenols is 1. The van der Waals surface area contributed by atoms with Crippen molar-refractivity contribution >= 4 is 29.5 Å². The molecular formula is C28H28N8O4. The average Bonchev–Trinajstić information content (AvgIpc) is 3.38. The summed E-state index contributed by atoms with van der Waals surface area (Å²) in [5.41, 5.74) is 4.78. The van der Waals surface area contributed by atoms with Crippen LogP contribution in [0.2, 0.25) is 0 Å². The number of para-hydroxylation sites is 1. The summed E-state index contributed by atoms with van der Waals surface area (Å²) in [6, 6.07) is 12.8. The number of nitrogens with one attached hydrogen (secondary N) is 3. The third kappa shape index (κ3) is 5.10. The molecule has 2 aliphatic heterocycles. The highest BCUT2D eigenvalue weighted by Gasteiger charge is 2.32. The Balaban J connectivity index is 1.24. The van der Waals surface area contributed by atoms with Crippen molar-refractivity contribution in [1.29, 1.82) is 0 Å². The number of carbonyl (C=O) groups is 2. The fourth-order valence-corrected chi connectivity index (χ4v) is 4.92. The third-order valence-corrected chi connectivity index (χ3v) is 7.17. The molecular weight excluding hydrogens is 512 g/mol. The lowest BCUT2D eigenvalue weighted by Gasteiger charge is -2.36. The molecule has 5 N–H and O–H groups in total. The number of hydrogen-bond donors (Lipinski definition) is 5. The first-order valence-corrected chi connectivity index (χ1v) is 13.0. The number of likely N-dealkylation sites (tertiary alicyclic amines) is 1. The van der Waals surface area contributed by atoms with Crippen LogP contribution in [0.4, 0.5) is 22.2 Å². The van der Waals surface area contributed by atoms with E-state index in [1.807, 2.05) is 30.5 Å². The monoisotopic (exact) mass is 540 g/mol. The van der Waals surface area contributed by atoms with Gasteiger partial charge in [0.2, 0.25) is 5.95 Å². The van der Waals surface area contributed by atoms with Crippen LogP contribution in [0.5, 0.6) is 5.75 Å². The molecule has 4 heterocycles. The normalized spacial score (nSPS) is 14.7. The molecule has 12 heteroatoms. The summed E-state index contributed by atoms with van der Waals surface area (Å²) < 4.78 is 1.77. The van der Waals surface area contributed by atoms with Crippen LogP contribution in [0, 0.1) is 0 Å². The number of rotatable bonds is 8. The summed E-state index contributed by atoms with van der Waals surface area (Å²) in [4.78, 5) is 33.9. The van der Waals surface area contributed by atoms with Crippen molar-refractivity contribution in [2.75, 3.05) is 36.8 Å². The smallest absolute Gasteiger partial charge is 0.407 e. The molecule has 0 radical (unpaired) electrons. The Hall–Kier alpha value is -5.13. The Labute approximate surface area is 229 Å². The largest absolute Gasteiger partial charge is 0.508 e. The Morgan fingerprint density at radius 2 is 1.98 bits per heavy atom. The van der Waals surface area contributed by atoms with Gasteiger partial charge in [0, 0.05) is 61.0 Å². The van der Waals surface area contributed by atoms with Gasteiger partial charge in [0.25, 0.3) is 5.91 Å². The first-order valence-electron chi connectivity index (χ1n) is 13.0. The van der Waals surface area contributed by atoms with E-state index >= 15 is 0 Å². The number of benzene rings is 2. The van der Waals surface area contributed by atoms with Crippen LogP contribution in [-0.4, -0.2) is 73.0 Å².